The van der Waals surface area contributed by atoms with Gasteiger partial charge in [-0.1, -0.05) is 60.7 Å². The summed E-state index contributed by atoms with van der Waals surface area (Å²) in [5.74, 6) is -6.56. The molecule has 2 aromatic rings. The Morgan fingerprint density at radius 3 is 1.60 bits per heavy atom. The number of hydrogen-bond donors (Lipinski definition) is 2. The number of amides is 4. The first-order valence-electron chi connectivity index (χ1n) is 15.2. The van der Waals surface area contributed by atoms with Crippen molar-refractivity contribution in [3.63, 3.8) is 0 Å². The molecule has 2 rings (SSSR count). The molecule has 2 aromatic carbocycles. The Hall–Kier alpha value is -4.75. The van der Waals surface area contributed by atoms with E-state index in [0.29, 0.717) is 16.0 Å². The van der Waals surface area contributed by atoms with E-state index >= 15 is 8.78 Å². The van der Waals surface area contributed by atoms with Gasteiger partial charge >= 0.3 is 24.2 Å². The van der Waals surface area contributed by atoms with Gasteiger partial charge in [0, 0.05) is 12.3 Å². The predicted molar refractivity (Wildman–Crippen MR) is 171 cm³/mol. The molecule has 0 bridgehead atoms. The second-order valence-corrected chi connectivity index (χ2v) is 12.9. The van der Waals surface area contributed by atoms with E-state index in [2.05, 4.69) is 10.6 Å². The van der Waals surface area contributed by atoms with Crippen LogP contribution in [0, 0.1) is 0 Å². The smallest absolute Gasteiger partial charge is 0.420 e. The van der Waals surface area contributed by atoms with Gasteiger partial charge in [0.05, 0.1) is 20.8 Å². The first-order chi connectivity index (χ1) is 22.3. The summed E-state index contributed by atoms with van der Waals surface area (Å²) in [5, 5.41) is 4.66. The Kier molecular flexibility index (Phi) is 13.9. The van der Waals surface area contributed by atoms with Gasteiger partial charge in [0.2, 0.25) is 5.91 Å². The van der Waals surface area contributed by atoms with E-state index in [-0.39, 0.29) is 0 Å². The van der Waals surface area contributed by atoms with E-state index in [1.54, 1.807) is 60.7 Å². The van der Waals surface area contributed by atoms with E-state index in [1.165, 1.54) is 41.5 Å². The van der Waals surface area contributed by atoms with Gasteiger partial charge in [-0.25, -0.2) is 28.0 Å². The first-order valence-corrected chi connectivity index (χ1v) is 15.2. The quantitative estimate of drug-likeness (QED) is 0.210. The van der Waals surface area contributed by atoms with E-state index in [0.717, 1.165) is 14.2 Å². The second kappa shape index (κ2) is 16.9. The van der Waals surface area contributed by atoms with Gasteiger partial charge in [-0.15, -0.1) is 0 Å². The number of imide groups is 1. The minimum Gasteiger partial charge on any atom is -0.467 e. The molecular formula is C34H45F2N3O9. The number of alkyl halides is 2. The molecule has 0 heterocycles. The predicted octanol–water partition coefficient (Wildman–Crippen LogP) is 5.79. The maximum Gasteiger partial charge on any atom is 0.420 e. The van der Waals surface area contributed by atoms with Crippen molar-refractivity contribution in [3.8, 4) is 0 Å². The van der Waals surface area contributed by atoms with Crippen molar-refractivity contribution < 1.29 is 51.7 Å². The van der Waals surface area contributed by atoms with Crippen LogP contribution >= 0.6 is 0 Å². The first kappa shape index (κ1) is 39.4. The van der Waals surface area contributed by atoms with Gasteiger partial charge in [-0.05, 0) is 59.1 Å². The third kappa shape index (κ3) is 12.5. The number of hydrogen-bond acceptors (Lipinski definition) is 9. The summed E-state index contributed by atoms with van der Waals surface area (Å²) in [4.78, 5) is 65.2. The lowest BCUT2D eigenvalue weighted by Gasteiger charge is -2.33. The van der Waals surface area contributed by atoms with Gasteiger partial charge in [0.1, 0.15) is 23.3 Å². The molecule has 2 atom stereocenters. The number of rotatable bonds is 12. The largest absolute Gasteiger partial charge is 0.467 e. The van der Waals surface area contributed by atoms with Crippen LogP contribution in [-0.4, -0.2) is 85.0 Å². The van der Waals surface area contributed by atoms with Crippen molar-refractivity contribution in [1.29, 1.82) is 0 Å². The van der Waals surface area contributed by atoms with Gasteiger partial charge in [-0.2, -0.15) is 4.90 Å². The Balaban J connectivity index is 2.35. The highest BCUT2D eigenvalue weighted by atomic mass is 19.3. The number of methoxy groups -OCH3 is 2. The molecule has 0 aliphatic rings. The summed E-state index contributed by atoms with van der Waals surface area (Å²) < 4.78 is 50.9. The number of halogens is 2. The van der Waals surface area contributed by atoms with Crippen LogP contribution in [0.3, 0.4) is 0 Å². The number of nitrogens with zero attached hydrogens (tertiary/aromatic N) is 1. The van der Waals surface area contributed by atoms with Crippen molar-refractivity contribution in [2.75, 3.05) is 20.8 Å². The molecule has 0 aliphatic carbocycles. The molecule has 0 aromatic heterocycles. The van der Waals surface area contributed by atoms with Crippen LogP contribution in [0.5, 0.6) is 0 Å². The van der Waals surface area contributed by atoms with E-state index < -0.39 is 84.7 Å². The number of benzene rings is 2. The van der Waals surface area contributed by atoms with Gasteiger partial charge in [0.25, 0.3) is 5.92 Å². The molecule has 0 radical (unpaired) electrons. The number of carbonyl (C=O) groups excluding carboxylic acids is 5. The zero-order valence-electron chi connectivity index (χ0n) is 28.5. The molecule has 14 heteroatoms. The lowest BCUT2D eigenvalue weighted by Crippen LogP contribution is -2.53. The maximum atomic E-state index is 15.4. The molecule has 2 unspecified atom stereocenters. The molecule has 0 aliphatic heterocycles. The van der Waals surface area contributed by atoms with Crippen LogP contribution in [0.4, 0.5) is 23.2 Å². The van der Waals surface area contributed by atoms with Gasteiger partial charge in [0.15, 0.2) is 0 Å². The van der Waals surface area contributed by atoms with Crippen molar-refractivity contribution in [1.82, 2.24) is 15.5 Å². The number of ether oxygens (including phenoxy) is 4. The van der Waals surface area contributed by atoms with Crippen LogP contribution in [0.2, 0.25) is 0 Å². The lowest BCUT2D eigenvalue weighted by atomic mass is 9.84. The highest BCUT2D eigenvalue weighted by molar-refractivity contribution is 5.94. The SMILES string of the molecule is COC(=O)NC(C(=O)NCC(F)(F)CCC(C(=O)OC)N(C(=O)OC(C)(C)C)C(=O)OC(C)(C)C)C(c1ccccc1)c1ccccc1. The summed E-state index contributed by atoms with van der Waals surface area (Å²) in [6.07, 6.45) is -5.40. The van der Waals surface area contributed by atoms with Crippen LogP contribution < -0.4 is 10.6 Å². The fourth-order valence-electron chi connectivity index (χ4n) is 4.59. The molecule has 0 spiro atoms. The molecule has 0 saturated heterocycles. The Bertz CT molecular complexity index is 1330. The average Bonchev–Trinajstić information content (AvgIpc) is 3.00. The van der Waals surface area contributed by atoms with Gasteiger partial charge < -0.3 is 29.6 Å². The Labute approximate surface area is 279 Å². The molecule has 48 heavy (non-hydrogen) atoms. The highest BCUT2D eigenvalue weighted by Crippen LogP contribution is 2.30. The minimum absolute atomic E-state index is 0.317. The summed E-state index contributed by atoms with van der Waals surface area (Å²) in [6, 6.07) is 14.2. The van der Waals surface area contributed by atoms with E-state index in [1.807, 2.05) is 0 Å². The maximum absolute atomic E-state index is 15.4. The zero-order chi connectivity index (χ0) is 36.3. The summed E-state index contributed by atoms with van der Waals surface area (Å²) in [6.45, 7) is 7.90. The standard InChI is InChI=1S/C34H45F2N3O9/c1-32(2,3)47-30(43)39(31(44)48-33(4,5)6)24(28(41)45-7)19-20-34(35,36)21-37-27(40)26(38-29(42)46-8)25(22-15-11-9-12-16-22)23-17-13-10-14-18-23/h9-18,24-26H,19-21H2,1-8H3,(H,37,40)(H,38,42). The molecular weight excluding hydrogens is 632 g/mol. The van der Waals surface area contributed by atoms with Crippen LogP contribution in [-0.2, 0) is 28.5 Å². The molecule has 2 N–H and O–H groups in total. The summed E-state index contributed by atoms with van der Waals surface area (Å²) in [5.41, 5.74) is -0.980. The number of nitrogens with one attached hydrogen (secondary N) is 2. The number of carbonyl (C=O) groups is 5. The average molecular weight is 678 g/mol. The van der Waals surface area contributed by atoms with Crippen LogP contribution in [0.15, 0.2) is 60.7 Å². The van der Waals surface area contributed by atoms with Crippen molar-refractivity contribution in [2.24, 2.45) is 0 Å². The Morgan fingerprint density at radius 1 is 0.750 bits per heavy atom. The topological polar surface area (TPSA) is 150 Å². The van der Waals surface area contributed by atoms with E-state index in [9.17, 15) is 24.0 Å². The Morgan fingerprint density at radius 2 is 1.21 bits per heavy atom. The third-order valence-corrected chi connectivity index (χ3v) is 6.66. The number of alkyl carbamates (subject to hydrolysis) is 1. The van der Waals surface area contributed by atoms with E-state index in [4.69, 9.17) is 18.9 Å². The second-order valence-electron chi connectivity index (χ2n) is 12.9. The normalized spacial score (nSPS) is 13.1. The van der Waals surface area contributed by atoms with Crippen LogP contribution in [0.25, 0.3) is 0 Å². The monoisotopic (exact) mass is 677 g/mol. The zero-order valence-corrected chi connectivity index (χ0v) is 28.5. The lowest BCUT2D eigenvalue weighted by molar-refractivity contribution is -0.147. The summed E-state index contributed by atoms with van der Waals surface area (Å²) in [7, 11) is 2.08. The van der Waals surface area contributed by atoms with Crippen molar-refractivity contribution >= 4 is 30.2 Å². The fourth-order valence-corrected chi connectivity index (χ4v) is 4.59. The summed E-state index contributed by atoms with van der Waals surface area (Å²) >= 11 is 0. The molecule has 4 amide bonds. The fraction of sp³-hybridized carbons (Fsp3) is 0.500. The minimum atomic E-state index is -3.67. The molecule has 0 fully saturated rings. The molecule has 0 saturated carbocycles. The molecule has 12 nitrogen and oxygen atoms in total. The van der Waals surface area contributed by atoms with Gasteiger partial charge in [-0.3, -0.25) is 4.79 Å². The third-order valence-electron chi connectivity index (χ3n) is 6.66. The molecule has 264 valence electrons. The van der Waals surface area contributed by atoms with Crippen molar-refractivity contribution in [2.45, 2.75) is 89.5 Å². The number of esters is 1. The highest BCUT2D eigenvalue weighted by Gasteiger charge is 2.43. The van der Waals surface area contributed by atoms with Crippen LogP contribution in [0.1, 0.15) is 71.4 Å². The van der Waals surface area contributed by atoms with Crippen molar-refractivity contribution in [3.05, 3.63) is 71.8 Å².